The Morgan fingerprint density at radius 1 is 1.15 bits per heavy atom. The minimum absolute atomic E-state index is 0.000689. The second kappa shape index (κ2) is 5.11. The van der Waals surface area contributed by atoms with E-state index >= 15 is 0 Å². The minimum atomic E-state index is -1.16. The molecule has 0 aromatic heterocycles. The van der Waals surface area contributed by atoms with E-state index < -0.39 is 18.0 Å². The summed E-state index contributed by atoms with van der Waals surface area (Å²) in [5.74, 6) is -0.681. The summed E-state index contributed by atoms with van der Waals surface area (Å²) in [6.07, 6.45) is 9.39. The first-order valence-electron chi connectivity index (χ1n) is 7.29. The summed E-state index contributed by atoms with van der Waals surface area (Å²) in [4.78, 5) is 0. The van der Waals surface area contributed by atoms with Crippen LogP contribution < -0.4 is 0 Å². The number of aliphatic hydroxyl groups is 2. The van der Waals surface area contributed by atoms with Crippen molar-refractivity contribution in [2.45, 2.75) is 56.9 Å². The van der Waals surface area contributed by atoms with E-state index in [-0.39, 0.29) is 12.2 Å². The van der Waals surface area contributed by atoms with Crippen molar-refractivity contribution in [1.29, 1.82) is 0 Å². The molecule has 6 atom stereocenters. The van der Waals surface area contributed by atoms with Crippen LogP contribution in [0.15, 0.2) is 36.0 Å². The summed E-state index contributed by atoms with van der Waals surface area (Å²) >= 11 is 0. The maximum atomic E-state index is 10.3. The van der Waals surface area contributed by atoms with Gasteiger partial charge in [0.1, 0.15) is 12.2 Å². The van der Waals surface area contributed by atoms with Gasteiger partial charge in [0, 0.05) is 0 Å². The van der Waals surface area contributed by atoms with Crippen molar-refractivity contribution in [3.05, 3.63) is 36.0 Å². The smallest absolute Gasteiger partial charge is 0.219 e. The van der Waals surface area contributed by atoms with E-state index in [1.165, 1.54) is 0 Å². The molecular formula is C16H22O4. The van der Waals surface area contributed by atoms with Crippen molar-refractivity contribution in [2.75, 3.05) is 0 Å². The van der Waals surface area contributed by atoms with Crippen LogP contribution in [-0.2, 0) is 9.47 Å². The molecule has 3 aliphatic rings. The minimum Gasteiger partial charge on any atom is -0.385 e. The molecular weight excluding hydrogens is 256 g/mol. The summed E-state index contributed by atoms with van der Waals surface area (Å²) in [6, 6.07) is 0. The SMILES string of the molecule is C/C=C/C1=CC2(O[C@H]3CC(/C=C/C)C[C@H]3O2)[C@@H](O)[C@H]1O. The van der Waals surface area contributed by atoms with Crippen molar-refractivity contribution in [3.8, 4) is 0 Å². The lowest BCUT2D eigenvalue weighted by Gasteiger charge is -2.28. The number of fused-ring (bicyclic) bond motifs is 1. The van der Waals surface area contributed by atoms with Gasteiger partial charge in [-0.15, -0.1) is 0 Å². The molecule has 1 heterocycles. The third-order valence-electron chi connectivity index (χ3n) is 4.40. The molecule has 2 N–H and O–H groups in total. The molecule has 1 saturated heterocycles. The average Bonchev–Trinajstić information content (AvgIpc) is 2.98. The second-order valence-corrected chi connectivity index (χ2v) is 5.83. The topological polar surface area (TPSA) is 58.9 Å². The Morgan fingerprint density at radius 2 is 1.80 bits per heavy atom. The number of rotatable bonds is 2. The van der Waals surface area contributed by atoms with Crippen LogP contribution in [0, 0.1) is 5.92 Å². The van der Waals surface area contributed by atoms with Crippen molar-refractivity contribution < 1.29 is 19.7 Å². The number of hydrogen-bond donors (Lipinski definition) is 2. The molecule has 1 saturated carbocycles. The van der Waals surface area contributed by atoms with E-state index in [9.17, 15) is 10.2 Å². The maximum absolute atomic E-state index is 10.3. The predicted molar refractivity (Wildman–Crippen MR) is 74.9 cm³/mol. The molecule has 0 radical (unpaired) electrons. The monoisotopic (exact) mass is 278 g/mol. The molecule has 110 valence electrons. The van der Waals surface area contributed by atoms with E-state index in [0.717, 1.165) is 12.8 Å². The molecule has 3 rings (SSSR count). The molecule has 1 aliphatic heterocycles. The highest BCUT2D eigenvalue weighted by molar-refractivity contribution is 5.35. The number of ether oxygens (including phenoxy) is 2. The molecule has 2 aliphatic carbocycles. The highest BCUT2D eigenvalue weighted by Gasteiger charge is 2.58. The van der Waals surface area contributed by atoms with Gasteiger partial charge < -0.3 is 19.7 Å². The van der Waals surface area contributed by atoms with E-state index in [1.54, 1.807) is 12.2 Å². The normalized spacial score (nSPS) is 47.8. The molecule has 4 heteroatoms. The van der Waals surface area contributed by atoms with Crippen molar-refractivity contribution in [3.63, 3.8) is 0 Å². The van der Waals surface area contributed by atoms with Gasteiger partial charge in [-0.05, 0) is 44.3 Å². The van der Waals surface area contributed by atoms with Crippen LogP contribution >= 0.6 is 0 Å². The Balaban J connectivity index is 1.78. The largest absolute Gasteiger partial charge is 0.385 e. The fourth-order valence-corrected chi connectivity index (χ4v) is 3.53. The van der Waals surface area contributed by atoms with Crippen LogP contribution in [0.2, 0.25) is 0 Å². The highest BCUT2D eigenvalue weighted by atomic mass is 16.8. The van der Waals surface area contributed by atoms with Crippen molar-refractivity contribution >= 4 is 0 Å². The molecule has 0 amide bonds. The first-order chi connectivity index (χ1) is 9.59. The third kappa shape index (κ3) is 2.07. The zero-order valence-corrected chi connectivity index (χ0v) is 11.9. The van der Waals surface area contributed by atoms with E-state index in [2.05, 4.69) is 12.2 Å². The quantitative estimate of drug-likeness (QED) is 0.755. The number of allylic oxidation sites excluding steroid dienone is 3. The molecule has 2 fully saturated rings. The lowest BCUT2D eigenvalue weighted by Crippen LogP contribution is -2.44. The summed E-state index contributed by atoms with van der Waals surface area (Å²) in [6.45, 7) is 3.89. The van der Waals surface area contributed by atoms with E-state index in [4.69, 9.17) is 9.47 Å². The fourth-order valence-electron chi connectivity index (χ4n) is 3.53. The summed E-state index contributed by atoms with van der Waals surface area (Å²) in [5.41, 5.74) is 0.657. The van der Waals surface area contributed by atoms with Gasteiger partial charge in [-0.3, -0.25) is 0 Å². The fraction of sp³-hybridized carbons (Fsp3) is 0.625. The van der Waals surface area contributed by atoms with Crippen LogP contribution in [0.3, 0.4) is 0 Å². The van der Waals surface area contributed by atoms with Gasteiger partial charge in [0.05, 0.1) is 12.2 Å². The van der Waals surface area contributed by atoms with Gasteiger partial charge in [0.2, 0.25) is 5.79 Å². The van der Waals surface area contributed by atoms with Crippen molar-refractivity contribution in [2.24, 2.45) is 5.92 Å². The number of hydrogen-bond acceptors (Lipinski definition) is 4. The lowest BCUT2D eigenvalue weighted by atomic mass is 10.1. The van der Waals surface area contributed by atoms with E-state index in [1.807, 2.05) is 19.9 Å². The Morgan fingerprint density at radius 3 is 2.35 bits per heavy atom. The predicted octanol–water partition coefficient (Wildman–Crippen LogP) is 1.69. The summed E-state index contributed by atoms with van der Waals surface area (Å²) < 4.78 is 12.0. The molecule has 2 unspecified atom stereocenters. The van der Waals surface area contributed by atoms with Gasteiger partial charge in [0.15, 0.2) is 0 Å². The molecule has 0 aromatic rings. The van der Waals surface area contributed by atoms with Crippen LogP contribution in [0.25, 0.3) is 0 Å². The van der Waals surface area contributed by atoms with Crippen LogP contribution in [0.1, 0.15) is 26.7 Å². The van der Waals surface area contributed by atoms with Gasteiger partial charge in [-0.1, -0.05) is 24.3 Å². The van der Waals surface area contributed by atoms with Crippen LogP contribution in [0.5, 0.6) is 0 Å². The molecule has 0 bridgehead atoms. The molecule has 0 aromatic carbocycles. The van der Waals surface area contributed by atoms with Gasteiger partial charge in [-0.2, -0.15) is 0 Å². The standard InChI is InChI=1S/C16H22O4/c1-3-5-10-7-12-13(8-10)20-16(19-12)9-11(6-4-2)14(17)15(16)18/h3-6,9-10,12-15,17-18H,7-8H2,1-2H3/b5-3+,6-4+/t10?,12-,13+,14-,15-,16?/m0/s1. The van der Waals surface area contributed by atoms with Gasteiger partial charge in [0.25, 0.3) is 0 Å². The van der Waals surface area contributed by atoms with Crippen LogP contribution in [-0.4, -0.2) is 40.4 Å². The molecule has 1 spiro atoms. The van der Waals surface area contributed by atoms with Crippen LogP contribution in [0.4, 0.5) is 0 Å². The van der Waals surface area contributed by atoms with Gasteiger partial charge in [-0.25, -0.2) is 0 Å². The lowest BCUT2D eigenvalue weighted by molar-refractivity contribution is -0.212. The molecule has 4 nitrogen and oxygen atoms in total. The Hall–Kier alpha value is -0.940. The zero-order valence-electron chi connectivity index (χ0n) is 11.9. The second-order valence-electron chi connectivity index (χ2n) is 5.83. The Kier molecular flexibility index (Phi) is 3.58. The third-order valence-corrected chi connectivity index (χ3v) is 4.40. The summed E-state index contributed by atoms with van der Waals surface area (Å²) in [7, 11) is 0. The maximum Gasteiger partial charge on any atom is 0.219 e. The number of aliphatic hydroxyl groups excluding tert-OH is 2. The van der Waals surface area contributed by atoms with Crippen molar-refractivity contribution in [1.82, 2.24) is 0 Å². The Labute approximate surface area is 119 Å². The molecule has 20 heavy (non-hydrogen) atoms. The highest BCUT2D eigenvalue weighted by Crippen LogP contribution is 2.47. The first-order valence-corrected chi connectivity index (χ1v) is 7.29. The zero-order chi connectivity index (χ0) is 14.3. The average molecular weight is 278 g/mol. The summed E-state index contributed by atoms with van der Waals surface area (Å²) in [5, 5.41) is 20.3. The van der Waals surface area contributed by atoms with Gasteiger partial charge >= 0.3 is 0 Å². The Bertz CT molecular complexity index is 451. The first kappa shape index (κ1) is 14.0. The van der Waals surface area contributed by atoms with E-state index in [0.29, 0.717) is 11.5 Å².